The van der Waals surface area contributed by atoms with Gasteiger partial charge in [-0.05, 0) is 59.8 Å². The Bertz CT molecular complexity index is 611. The molecule has 0 amide bonds. The topological polar surface area (TPSA) is 26.3 Å². The number of ketones is 1. The molecule has 7 rings (SSSR count). The first-order valence-corrected chi connectivity index (χ1v) is 9.21. The van der Waals surface area contributed by atoms with Crippen LogP contribution in [0.4, 0.5) is 0 Å². The Labute approximate surface area is 133 Å². The standard InChI is InChI=1S/C20H28O2/c1-18(2)11-7-14(18)13-5-6-20(22-15(13)8-11)16-9-12(10-17(20)21)19(16,3)4/h11-12,14,16H,5-10H2,1-4H3/t11-,12+,14+,16+,20-/m1/s1. The van der Waals surface area contributed by atoms with Gasteiger partial charge in [-0.25, -0.2) is 0 Å². The number of carbonyl (C=O) groups is 1. The van der Waals surface area contributed by atoms with E-state index in [-0.39, 0.29) is 0 Å². The van der Waals surface area contributed by atoms with E-state index in [0.29, 0.717) is 28.4 Å². The summed E-state index contributed by atoms with van der Waals surface area (Å²) in [5.41, 5.74) is 1.88. The van der Waals surface area contributed by atoms with Crippen LogP contribution in [0.25, 0.3) is 0 Å². The molecule has 4 saturated carbocycles. The number of ether oxygens (including phenoxy) is 1. The third-order valence-corrected chi connectivity index (χ3v) is 8.69. The van der Waals surface area contributed by atoms with Gasteiger partial charge >= 0.3 is 0 Å². The maximum Gasteiger partial charge on any atom is 0.176 e. The fourth-order valence-corrected chi connectivity index (χ4v) is 6.70. The van der Waals surface area contributed by atoms with Crippen LogP contribution in [0, 0.1) is 34.5 Å². The number of rotatable bonds is 0. The van der Waals surface area contributed by atoms with Crippen LogP contribution in [-0.4, -0.2) is 11.4 Å². The van der Waals surface area contributed by atoms with Gasteiger partial charge < -0.3 is 4.74 Å². The van der Waals surface area contributed by atoms with Crippen LogP contribution in [0.2, 0.25) is 0 Å². The molecule has 0 saturated heterocycles. The number of hydrogen-bond acceptors (Lipinski definition) is 2. The van der Waals surface area contributed by atoms with Crippen LogP contribution in [0.1, 0.15) is 66.2 Å². The van der Waals surface area contributed by atoms with Gasteiger partial charge in [0.05, 0.1) is 5.76 Å². The van der Waals surface area contributed by atoms with Crippen molar-refractivity contribution in [3.05, 3.63) is 11.3 Å². The van der Waals surface area contributed by atoms with E-state index in [4.69, 9.17) is 4.74 Å². The summed E-state index contributed by atoms with van der Waals surface area (Å²) in [6.45, 7) is 9.56. The van der Waals surface area contributed by atoms with Gasteiger partial charge in [0.15, 0.2) is 11.4 Å². The zero-order chi connectivity index (χ0) is 15.5. The lowest BCUT2D eigenvalue weighted by Gasteiger charge is -2.66. The maximum atomic E-state index is 12.8. The molecular weight excluding hydrogens is 272 g/mol. The minimum Gasteiger partial charge on any atom is -0.484 e. The number of Topliss-reactive ketones (excluding diaryl/α,β-unsaturated/α-hetero) is 1. The summed E-state index contributed by atoms with van der Waals surface area (Å²) in [7, 11) is 0. The second-order valence-electron chi connectivity index (χ2n) is 9.88. The highest BCUT2D eigenvalue weighted by Gasteiger charge is 2.68. The summed E-state index contributed by atoms with van der Waals surface area (Å²) in [5.74, 6) is 4.20. The highest BCUT2D eigenvalue weighted by Crippen LogP contribution is 2.68. The van der Waals surface area contributed by atoms with Crippen molar-refractivity contribution >= 4 is 5.78 Å². The minimum atomic E-state index is -0.453. The van der Waals surface area contributed by atoms with Gasteiger partial charge in [-0.2, -0.15) is 0 Å². The van der Waals surface area contributed by atoms with Crippen molar-refractivity contribution in [2.75, 3.05) is 0 Å². The molecule has 4 fully saturated rings. The van der Waals surface area contributed by atoms with E-state index in [0.717, 1.165) is 37.5 Å². The molecule has 0 N–H and O–H groups in total. The molecule has 4 bridgehead atoms. The molecule has 0 aromatic carbocycles. The molecule has 2 heteroatoms. The van der Waals surface area contributed by atoms with Gasteiger partial charge in [0.25, 0.3) is 0 Å². The van der Waals surface area contributed by atoms with Crippen LogP contribution in [0.5, 0.6) is 0 Å². The lowest BCUT2D eigenvalue weighted by atomic mass is 9.42. The van der Waals surface area contributed by atoms with E-state index in [2.05, 4.69) is 27.7 Å². The molecule has 7 aliphatic rings. The van der Waals surface area contributed by atoms with Crippen LogP contribution in [0.3, 0.4) is 0 Å². The van der Waals surface area contributed by atoms with Crippen molar-refractivity contribution in [2.45, 2.75) is 71.8 Å². The first-order chi connectivity index (χ1) is 10.3. The van der Waals surface area contributed by atoms with Crippen LogP contribution in [-0.2, 0) is 9.53 Å². The molecule has 0 unspecified atom stereocenters. The third kappa shape index (κ3) is 1.29. The molecule has 0 radical (unpaired) electrons. The molecule has 1 aliphatic heterocycles. The van der Waals surface area contributed by atoms with Crippen molar-refractivity contribution in [2.24, 2.45) is 34.5 Å². The molecule has 6 aliphatic carbocycles. The van der Waals surface area contributed by atoms with Crippen molar-refractivity contribution in [1.29, 1.82) is 0 Å². The zero-order valence-corrected chi connectivity index (χ0v) is 14.4. The molecule has 1 heterocycles. The van der Waals surface area contributed by atoms with Gasteiger partial charge in [0.1, 0.15) is 0 Å². The van der Waals surface area contributed by atoms with E-state index >= 15 is 0 Å². The average Bonchev–Trinajstić information content (AvgIpc) is 2.48. The Morgan fingerprint density at radius 3 is 2.41 bits per heavy atom. The summed E-state index contributed by atoms with van der Waals surface area (Å²) in [6, 6.07) is 0. The number of allylic oxidation sites excluding steroid dienone is 2. The van der Waals surface area contributed by atoms with E-state index in [1.165, 1.54) is 18.6 Å². The quantitative estimate of drug-likeness (QED) is 0.659. The SMILES string of the molecule is CC1(C)[C@H]2CC3=C(CC[C@]4(O3)C(=O)C[C@@H]3C[C@H]4C3(C)C)[C@@H]1C2. The van der Waals surface area contributed by atoms with Crippen molar-refractivity contribution in [3.63, 3.8) is 0 Å². The molecule has 0 aromatic heterocycles. The smallest absolute Gasteiger partial charge is 0.176 e. The fraction of sp³-hybridized carbons (Fsp3) is 0.850. The Morgan fingerprint density at radius 2 is 1.73 bits per heavy atom. The summed E-state index contributed by atoms with van der Waals surface area (Å²) in [5, 5.41) is 0. The predicted molar refractivity (Wildman–Crippen MR) is 85.1 cm³/mol. The highest BCUT2D eigenvalue weighted by atomic mass is 16.5. The zero-order valence-electron chi connectivity index (χ0n) is 14.4. The Kier molecular flexibility index (Phi) is 2.26. The van der Waals surface area contributed by atoms with Crippen molar-refractivity contribution < 1.29 is 9.53 Å². The van der Waals surface area contributed by atoms with E-state index in [9.17, 15) is 4.79 Å². The monoisotopic (exact) mass is 300 g/mol. The van der Waals surface area contributed by atoms with E-state index in [1.807, 2.05) is 0 Å². The highest BCUT2D eigenvalue weighted by molar-refractivity contribution is 5.90. The molecule has 0 aromatic rings. The summed E-state index contributed by atoms with van der Waals surface area (Å²) >= 11 is 0. The van der Waals surface area contributed by atoms with E-state index in [1.54, 1.807) is 5.57 Å². The van der Waals surface area contributed by atoms with Crippen LogP contribution in [0.15, 0.2) is 11.3 Å². The van der Waals surface area contributed by atoms with Gasteiger partial charge in [-0.15, -0.1) is 0 Å². The maximum absolute atomic E-state index is 12.8. The Balaban J connectivity index is 1.52. The summed E-state index contributed by atoms with van der Waals surface area (Å²) in [6.07, 6.45) is 6.46. The number of fused-ring (bicyclic) bond motifs is 1. The van der Waals surface area contributed by atoms with Crippen LogP contribution < -0.4 is 0 Å². The Hall–Kier alpha value is -0.790. The Morgan fingerprint density at radius 1 is 1.00 bits per heavy atom. The molecule has 1 spiro atoms. The minimum absolute atomic E-state index is 0.294. The average molecular weight is 300 g/mol. The molecule has 2 nitrogen and oxygen atoms in total. The third-order valence-electron chi connectivity index (χ3n) is 8.69. The van der Waals surface area contributed by atoms with Gasteiger partial charge in [0, 0.05) is 18.8 Å². The number of hydrogen-bond donors (Lipinski definition) is 0. The normalized spacial score (nSPS) is 49.9. The summed E-state index contributed by atoms with van der Waals surface area (Å²) < 4.78 is 6.64. The largest absolute Gasteiger partial charge is 0.484 e. The lowest BCUT2D eigenvalue weighted by molar-refractivity contribution is -0.217. The fourth-order valence-electron chi connectivity index (χ4n) is 6.70. The summed E-state index contributed by atoms with van der Waals surface area (Å²) in [4.78, 5) is 12.8. The molecule has 120 valence electrons. The first-order valence-electron chi connectivity index (χ1n) is 9.21. The molecule has 22 heavy (non-hydrogen) atoms. The van der Waals surface area contributed by atoms with Gasteiger partial charge in [0.2, 0.25) is 0 Å². The van der Waals surface area contributed by atoms with Gasteiger partial charge in [-0.3, -0.25) is 4.79 Å². The lowest BCUT2D eigenvalue weighted by Crippen LogP contribution is -2.68. The molecular formula is C20H28O2. The molecule has 5 atom stereocenters. The van der Waals surface area contributed by atoms with Gasteiger partial charge in [-0.1, -0.05) is 27.7 Å². The van der Waals surface area contributed by atoms with Crippen molar-refractivity contribution in [1.82, 2.24) is 0 Å². The first kappa shape index (κ1) is 13.6. The predicted octanol–water partition coefficient (Wildman–Crippen LogP) is 4.49. The second-order valence-corrected chi connectivity index (χ2v) is 9.88. The van der Waals surface area contributed by atoms with Crippen LogP contribution >= 0.6 is 0 Å². The van der Waals surface area contributed by atoms with E-state index < -0.39 is 5.60 Å². The number of carbonyl (C=O) groups excluding carboxylic acids is 1. The van der Waals surface area contributed by atoms with Crippen molar-refractivity contribution in [3.8, 4) is 0 Å². The second kappa shape index (κ2) is 3.65.